The van der Waals surface area contributed by atoms with Crippen molar-refractivity contribution in [3.63, 3.8) is 0 Å². The molecule has 2 fully saturated rings. The van der Waals surface area contributed by atoms with E-state index in [1.807, 2.05) is 6.07 Å². The second kappa shape index (κ2) is 6.92. The highest BCUT2D eigenvalue weighted by atomic mass is 16.2. The van der Waals surface area contributed by atoms with Crippen LogP contribution in [0.3, 0.4) is 0 Å². The van der Waals surface area contributed by atoms with Crippen LogP contribution in [0.1, 0.15) is 43.5 Å². The summed E-state index contributed by atoms with van der Waals surface area (Å²) < 4.78 is 0. The number of amides is 1. The van der Waals surface area contributed by atoms with Crippen molar-refractivity contribution in [3.05, 3.63) is 41.7 Å². The first-order valence-corrected chi connectivity index (χ1v) is 9.07. The molecule has 1 amide bonds. The van der Waals surface area contributed by atoms with Crippen LogP contribution in [-0.4, -0.2) is 50.6 Å². The van der Waals surface area contributed by atoms with Crippen LogP contribution in [0.5, 0.6) is 0 Å². The van der Waals surface area contributed by atoms with E-state index in [-0.39, 0.29) is 11.9 Å². The Hall–Kier alpha value is -2.28. The van der Waals surface area contributed by atoms with Gasteiger partial charge in [-0.3, -0.25) is 9.69 Å². The highest BCUT2D eigenvalue weighted by Crippen LogP contribution is 2.39. The number of H-pyrrole nitrogens is 1. The third-order valence-electron chi connectivity index (χ3n) is 5.52. The zero-order valence-electron chi connectivity index (χ0n) is 14.3. The molecule has 2 heterocycles. The van der Waals surface area contributed by atoms with Crippen LogP contribution in [0.2, 0.25) is 0 Å². The predicted octanol–water partition coefficient (Wildman–Crippen LogP) is 1.40. The number of rotatable bonds is 5. The normalized spacial score (nSPS) is 23.0. The van der Waals surface area contributed by atoms with E-state index in [0.717, 1.165) is 51.7 Å². The second-order valence-electron chi connectivity index (χ2n) is 7.20. The predicted molar refractivity (Wildman–Crippen MR) is 92.6 cm³/mol. The zero-order chi connectivity index (χ0) is 17.1. The summed E-state index contributed by atoms with van der Waals surface area (Å²) in [5, 5.41) is 17.7. The smallest absolute Gasteiger partial charge is 0.234 e. The third kappa shape index (κ3) is 3.28. The van der Waals surface area contributed by atoms with Crippen molar-refractivity contribution in [1.29, 1.82) is 0 Å². The minimum atomic E-state index is -0.597. The molecule has 1 aromatic heterocycles. The SMILES string of the molecule is O=C(NC1CCN(Cc2ccccc2)C1)C1(c2nn[nH]n2)CCCC1. The van der Waals surface area contributed by atoms with Crippen LogP contribution < -0.4 is 5.32 Å². The Morgan fingerprint density at radius 1 is 1.28 bits per heavy atom. The first kappa shape index (κ1) is 16.2. The maximum atomic E-state index is 13.0. The van der Waals surface area contributed by atoms with E-state index < -0.39 is 5.41 Å². The van der Waals surface area contributed by atoms with Gasteiger partial charge in [-0.1, -0.05) is 48.4 Å². The summed E-state index contributed by atoms with van der Waals surface area (Å²) in [5.41, 5.74) is 0.716. The number of aromatic nitrogens is 4. The molecule has 132 valence electrons. The minimum absolute atomic E-state index is 0.0676. The molecule has 1 aromatic carbocycles. The summed E-state index contributed by atoms with van der Waals surface area (Å²) in [6, 6.07) is 10.7. The van der Waals surface area contributed by atoms with E-state index in [1.54, 1.807) is 0 Å². The van der Waals surface area contributed by atoms with Crippen LogP contribution in [-0.2, 0) is 16.8 Å². The molecule has 7 heteroatoms. The number of benzene rings is 1. The summed E-state index contributed by atoms with van der Waals surface area (Å²) in [7, 11) is 0. The van der Waals surface area contributed by atoms with Crippen molar-refractivity contribution < 1.29 is 4.79 Å². The summed E-state index contributed by atoms with van der Waals surface area (Å²) >= 11 is 0. The van der Waals surface area contributed by atoms with Gasteiger partial charge in [-0.25, -0.2) is 0 Å². The molecule has 0 radical (unpaired) electrons. The van der Waals surface area contributed by atoms with Crippen molar-refractivity contribution in [2.45, 2.75) is 50.1 Å². The number of likely N-dealkylation sites (tertiary alicyclic amines) is 1. The second-order valence-corrected chi connectivity index (χ2v) is 7.20. The fourth-order valence-electron chi connectivity index (χ4n) is 4.15. The maximum absolute atomic E-state index is 13.0. The molecule has 25 heavy (non-hydrogen) atoms. The number of nitrogens with one attached hydrogen (secondary N) is 2. The maximum Gasteiger partial charge on any atom is 0.234 e. The molecule has 2 aliphatic rings. The van der Waals surface area contributed by atoms with E-state index in [0.29, 0.717) is 5.82 Å². The quantitative estimate of drug-likeness (QED) is 0.859. The van der Waals surface area contributed by atoms with Crippen molar-refractivity contribution in [2.75, 3.05) is 13.1 Å². The van der Waals surface area contributed by atoms with E-state index in [9.17, 15) is 4.79 Å². The van der Waals surface area contributed by atoms with Gasteiger partial charge >= 0.3 is 0 Å². The molecular weight excluding hydrogens is 316 g/mol. The van der Waals surface area contributed by atoms with Gasteiger partial charge in [-0.2, -0.15) is 5.21 Å². The highest BCUT2D eigenvalue weighted by Gasteiger charge is 2.47. The molecular formula is C18H24N6O. The van der Waals surface area contributed by atoms with Gasteiger partial charge in [0.25, 0.3) is 0 Å². The van der Waals surface area contributed by atoms with E-state index in [2.05, 4.69) is 55.1 Å². The van der Waals surface area contributed by atoms with Crippen molar-refractivity contribution in [2.24, 2.45) is 0 Å². The molecule has 2 aromatic rings. The standard InChI is InChI=1S/C18H24N6O/c25-17(18(9-4-5-10-18)16-20-22-23-21-16)19-15-8-11-24(13-15)12-14-6-2-1-3-7-14/h1-3,6-7,15H,4-5,8-13H2,(H,19,25)(H,20,21,22,23). The molecule has 2 N–H and O–H groups in total. The summed E-state index contributed by atoms with van der Waals surface area (Å²) in [6.07, 6.45) is 4.66. The van der Waals surface area contributed by atoms with Crippen LogP contribution in [0.4, 0.5) is 0 Å². The molecule has 1 unspecified atom stereocenters. The molecule has 1 aliphatic carbocycles. The van der Waals surface area contributed by atoms with Crippen molar-refractivity contribution in [1.82, 2.24) is 30.8 Å². The number of carbonyl (C=O) groups excluding carboxylic acids is 1. The first-order valence-electron chi connectivity index (χ1n) is 9.07. The number of aromatic amines is 1. The van der Waals surface area contributed by atoms with Crippen LogP contribution in [0.25, 0.3) is 0 Å². The summed E-state index contributed by atoms with van der Waals surface area (Å²) in [5.74, 6) is 0.611. The van der Waals surface area contributed by atoms with Gasteiger partial charge in [-0.15, -0.1) is 10.2 Å². The van der Waals surface area contributed by atoms with Gasteiger partial charge in [0, 0.05) is 25.7 Å². The zero-order valence-corrected chi connectivity index (χ0v) is 14.3. The lowest BCUT2D eigenvalue weighted by molar-refractivity contribution is -0.127. The number of tetrazole rings is 1. The third-order valence-corrected chi connectivity index (χ3v) is 5.52. The van der Waals surface area contributed by atoms with Gasteiger partial charge in [-0.05, 0) is 24.8 Å². The van der Waals surface area contributed by atoms with Crippen molar-refractivity contribution >= 4 is 5.91 Å². The molecule has 1 aliphatic heterocycles. The Morgan fingerprint density at radius 2 is 2.08 bits per heavy atom. The van der Waals surface area contributed by atoms with E-state index in [4.69, 9.17) is 0 Å². The number of carbonyl (C=O) groups is 1. The van der Waals surface area contributed by atoms with Crippen molar-refractivity contribution in [3.8, 4) is 0 Å². The fourth-order valence-corrected chi connectivity index (χ4v) is 4.15. The monoisotopic (exact) mass is 340 g/mol. The average molecular weight is 340 g/mol. The highest BCUT2D eigenvalue weighted by molar-refractivity contribution is 5.87. The van der Waals surface area contributed by atoms with Crippen LogP contribution in [0, 0.1) is 0 Å². The molecule has 1 saturated carbocycles. The van der Waals surface area contributed by atoms with E-state index >= 15 is 0 Å². The number of hydrogen-bond donors (Lipinski definition) is 2. The Kier molecular flexibility index (Phi) is 4.48. The average Bonchev–Trinajstić information content (AvgIpc) is 3.38. The molecule has 7 nitrogen and oxygen atoms in total. The lowest BCUT2D eigenvalue weighted by Crippen LogP contribution is -2.48. The van der Waals surface area contributed by atoms with Gasteiger partial charge in [0.2, 0.25) is 5.91 Å². The molecule has 1 atom stereocenters. The summed E-state index contributed by atoms with van der Waals surface area (Å²) in [4.78, 5) is 15.4. The van der Waals surface area contributed by atoms with Gasteiger partial charge in [0.05, 0.1) is 0 Å². The Balaban J connectivity index is 1.38. The largest absolute Gasteiger partial charge is 0.351 e. The molecule has 0 spiro atoms. The molecule has 1 saturated heterocycles. The van der Waals surface area contributed by atoms with Gasteiger partial charge in [0.1, 0.15) is 5.41 Å². The topological polar surface area (TPSA) is 86.8 Å². The Morgan fingerprint density at radius 3 is 2.80 bits per heavy atom. The Bertz CT molecular complexity index is 696. The number of hydrogen-bond acceptors (Lipinski definition) is 5. The molecule has 4 rings (SSSR count). The number of nitrogens with zero attached hydrogens (tertiary/aromatic N) is 4. The lowest BCUT2D eigenvalue weighted by Gasteiger charge is -2.26. The van der Waals surface area contributed by atoms with Gasteiger partial charge < -0.3 is 5.32 Å². The van der Waals surface area contributed by atoms with Crippen LogP contribution in [0.15, 0.2) is 30.3 Å². The summed E-state index contributed by atoms with van der Waals surface area (Å²) in [6.45, 7) is 2.83. The first-order chi connectivity index (χ1) is 12.3. The lowest BCUT2D eigenvalue weighted by atomic mass is 9.84. The fraction of sp³-hybridized carbons (Fsp3) is 0.556. The Labute approximate surface area is 147 Å². The van der Waals surface area contributed by atoms with E-state index in [1.165, 1.54) is 5.56 Å². The van der Waals surface area contributed by atoms with Crippen LogP contribution >= 0.6 is 0 Å². The van der Waals surface area contributed by atoms with Gasteiger partial charge in [0.15, 0.2) is 5.82 Å². The minimum Gasteiger partial charge on any atom is -0.351 e. The molecule has 0 bridgehead atoms.